The molecule has 1 rings (SSSR count). The van der Waals surface area contributed by atoms with Crippen LogP contribution in [0.15, 0.2) is 30.4 Å². The van der Waals surface area contributed by atoms with Gasteiger partial charge in [0.05, 0.1) is 13.2 Å². The lowest BCUT2D eigenvalue weighted by Crippen LogP contribution is -2.30. The molecule has 1 amide bonds. The first kappa shape index (κ1) is 13.3. The molecule has 0 saturated carbocycles. The summed E-state index contributed by atoms with van der Waals surface area (Å²) in [4.78, 5) is 11.2. The molecule has 0 atom stereocenters. The van der Waals surface area contributed by atoms with Crippen LogP contribution in [0.4, 0.5) is 4.39 Å². The second kappa shape index (κ2) is 6.78. The number of hydrogen-bond acceptors (Lipinski definition) is 3. The van der Waals surface area contributed by atoms with E-state index < -0.39 is 11.7 Å². The van der Waals surface area contributed by atoms with Gasteiger partial charge in [0, 0.05) is 11.1 Å². The monoisotopic (exact) mass is 238 g/mol. The van der Waals surface area contributed by atoms with Crippen LogP contribution in [-0.2, 0) is 11.3 Å². The number of nitrogens with one attached hydrogen (secondary N) is 1. The third kappa shape index (κ3) is 3.97. The third-order valence-corrected chi connectivity index (χ3v) is 2.15. The summed E-state index contributed by atoms with van der Waals surface area (Å²) in [6.07, 6.45) is 3.66. The summed E-state index contributed by atoms with van der Waals surface area (Å²) in [5.74, 6) is 4.14. The number of hydrazine groups is 1. The van der Waals surface area contributed by atoms with Crippen molar-refractivity contribution < 1.29 is 13.9 Å². The summed E-state index contributed by atoms with van der Waals surface area (Å²) < 4.78 is 18.6. The zero-order valence-electron chi connectivity index (χ0n) is 9.57. The Morgan fingerprint density at radius 3 is 3.00 bits per heavy atom. The number of hydrogen-bond donors (Lipinski definition) is 2. The molecule has 0 fully saturated rings. The first-order chi connectivity index (χ1) is 8.19. The molecule has 0 radical (unpaired) electrons. The molecule has 0 saturated heterocycles. The number of carbonyl (C=O) groups is 1. The number of allylic oxidation sites excluding steroid dienone is 1. The van der Waals surface area contributed by atoms with Crippen molar-refractivity contribution in [1.29, 1.82) is 0 Å². The number of halogens is 1. The van der Waals surface area contributed by atoms with Crippen LogP contribution in [0, 0.1) is 5.82 Å². The molecule has 0 heterocycles. The highest BCUT2D eigenvalue weighted by Gasteiger charge is 2.08. The van der Waals surface area contributed by atoms with Crippen LogP contribution in [0.5, 0.6) is 0 Å². The SMILES string of the molecule is C/C=C/COCc1cc(C(=O)NN)ccc1F. The Bertz CT molecular complexity index is 419. The Morgan fingerprint density at radius 1 is 1.59 bits per heavy atom. The van der Waals surface area contributed by atoms with Crippen molar-refractivity contribution in [3.8, 4) is 0 Å². The molecular weight excluding hydrogens is 223 g/mol. The maximum atomic E-state index is 13.4. The Kier molecular flexibility index (Phi) is 5.32. The molecule has 1 aromatic rings. The van der Waals surface area contributed by atoms with Gasteiger partial charge in [0.15, 0.2) is 0 Å². The second-order valence-electron chi connectivity index (χ2n) is 3.36. The molecule has 0 unspecified atom stereocenters. The van der Waals surface area contributed by atoms with Crippen molar-refractivity contribution in [2.24, 2.45) is 5.84 Å². The number of nitrogens with two attached hydrogens (primary N) is 1. The lowest BCUT2D eigenvalue weighted by atomic mass is 10.1. The highest BCUT2D eigenvalue weighted by atomic mass is 19.1. The van der Waals surface area contributed by atoms with Crippen LogP contribution in [0.3, 0.4) is 0 Å². The molecule has 17 heavy (non-hydrogen) atoms. The van der Waals surface area contributed by atoms with E-state index in [0.29, 0.717) is 17.7 Å². The Hall–Kier alpha value is -1.72. The maximum absolute atomic E-state index is 13.4. The van der Waals surface area contributed by atoms with E-state index in [1.54, 1.807) is 0 Å². The first-order valence-electron chi connectivity index (χ1n) is 5.17. The Balaban J connectivity index is 2.73. The lowest BCUT2D eigenvalue weighted by Gasteiger charge is -2.06. The van der Waals surface area contributed by atoms with E-state index >= 15 is 0 Å². The van der Waals surface area contributed by atoms with E-state index in [0.717, 1.165) is 0 Å². The van der Waals surface area contributed by atoms with Gasteiger partial charge < -0.3 is 4.74 Å². The average molecular weight is 238 g/mol. The van der Waals surface area contributed by atoms with Gasteiger partial charge in [-0.2, -0.15) is 0 Å². The van der Waals surface area contributed by atoms with Crippen molar-refractivity contribution in [2.45, 2.75) is 13.5 Å². The molecule has 0 aromatic heterocycles. The molecule has 0 spiro atoms. The molecule has 4 nitrogen and oxygen atoms in total. The number of amides is 1. The summed E-state index contributed by atoms with van der Waals surface area (Å²) in [6, 6.07) is 4.01. The molecule has 0 bridgehead atoms. The highest BCUT2D eigenvalue weighted by molar-refractivity contribution is 5.93. The van der Waals surface area contributed by atoms with Crippen molar-refractivity contribution in [2.75, 3.05) is 6.61 Å². The van der Waals surface area contributed by atoms with E-state index in [2.05, 4.69) is 0 Å². The van der Waals surface area contributed by atoms with E-state index in [1.807, 2.05) is 24.5 Å². The van der Waals surface area contributed by atoms with Crippen LogP contribution in [-0.4, -0.2) is 12.5 Å². The standard InChI is InChI=1S/C12H15FN2O2/c1-2-3-6-17-8-10-7-9(12(16)15-14)4-5-11(10)13/h2-5,7H,6,8,14H2,1H3,(H,15,16)/b3-2+. The van der Waals surface area contributed by atoms with Crippen LogP contribution < -0.4 is 11.3 Å². The Labute approximate surface area is 99.2 Å². The zero-order valence-corrected chi connectivity index (χ0v) is 9.57. The summed E-state index contributed by atoms with van der Waals surface area (Å²) in [7, 11) is 0. The third-order valence-electron chi connectivity index (χ3n) is 2.15. The van der Waals surface area contributed by atoms with Gasteiger partial charge in [-0.3, -0.25) is 10.2 Å². The zero-order chi connectivity index (χ0) is 12.7. The van der Waals surface area contributed by atoms with Crippen LogP contribution in [0.1, 0.15) is 22.8 Å². The van der Waals surface area contributed by atoms with Gasteiger partial charge in [-0.1, -0.05) is 12.2 Å². The minimum absolute atomic E-state index is 0.113. The molecule has 0 aliphatic carbocycles. The molecule has 5 heteroatoms. The fourth-order valence-corrected chi connectivity index (χ4v) is 1.24. The number of rotatable bonds is 5. The van der Waals surface area contributed by atoms with Crippen LogP contribution in [0.25, 0.3) is 0 Å². The van der Waals surface area contributed by atoms with Gasteiger partial charge in [-0.15, -0.1) is 0 Å². The van der Waals surface area contributed by atoms with Gasteiger partial charge in [0.25, 0.3) is 5.91 Å². The minimum Gasteiger partial charge on any atom is -0.373 e. The maximum Gasteiger partial charge on any atom is 0.265 e. The Morgan fingerprint density at radius 2 is 2.35 bits per heavy atom. The number of carbonyl (C=O) groups excluding carboxylic acids is 1. The average Bonchev–Trinajstić information content (AvgIpc) is 2.35. The van der Waals surface area contributed by atoms with Crippen molar-refractivity contribution in [3.63, 3.8) is 0 Å². The number of ether oxygens (including phenoxy) is 1. The van der Waals surface area contributed by atoms with E-state index in [4.69, 9.17) is 10.6 Å². The van der Waals surface area contributed by atoms with Gasteiger partial charge in [0.2, 0.25) is 0 Å². The fraction of sp³-hybridized carbons (Fsp3) is 0.250. The summed E-state index contributed by atoms with van der Waals surface area (Å²) >= 11 is 0. The molecule has 0 aliphatic heterocycles. The molecule has 0 aliphatic rings. The summed E-state index contributed by atoms with van der Waals surface area (Å²) in [5, 5.41) is 0. The lowest BCUT2D eigenvalue weighted by molar-refractivity contribution is 0.0953. The summed E-state index contributed by atoms with van der Waals surface area (Å²) in [6.45, 7) is 2.39. The largest absolute Gasteiger partial charge is 0.373 e. The van der Waals surface area contributed by atoms with Crippen molar-refractivity contribution in [1.82, 2.24) is 5.43 Å². The minimum atomic E-state index is -0.459. The quantitative estimate of drug-likeness (QED) is 0.269. The molecule has 3 N–H and O–H groups in total. The van der Waals surface area contributed by atoms with Crippen LogP contribution in [0.2, 0.25) is 0 Å². The van der Waals surface area contributed by atoms with E-state index in [-0.39, 0.29) is 6.61 Å². The van der Waals surface area contributed by atoms with Crippen molar-refractivity contribution >= 4 is 5.91 Å². The molecular formula is C12H15FN2O2. The highest BCUT2D eigenvalue weighted by Crippen LogP contribution is 2.11. The fourth-order valence-electron chi connectivity index (χ4n) is 1.24. The van der Waals surface area contributed by atoms with Gasteiger partial charge in [-0.05, 0) is 25.1 Å². The van der Waals surface area contributed by atoms with Gasteiger partial charge in [-0.25, -0.2) is 10.2 Å². The number of benzene rings is 1. The smallest absolute Gasteiger partial charge is 0.265 e. The molecule has 1 aromatic carbocycles. The topological polar surface area (TPSA) is 64.3 Å². The number of nitrogen functional groups attached to an aromatic ring is 1. The van der Waals surface area contributed by atoms with E-state index in [1.165, 1.54) is 18.2 Å². The predicted octanol–water partition coefficient (Wildman–Crippen LogP) is 1.52. The van der Waals surface area contributed by atoms with Crippen LogP contribution >= 0.6 is 0 Å². The summed E-state index contributed by atoms with van der Waals surface area (Å²) in [5.41, 5.74) is 2.62. The van der Waals surface area contributed by atoms with Gasteiger partial charge in [0.1, 0.15) is 5.82 Å². The molecule has 92 valence electrons. The van der Waals surface area contributed by atoms with E-state index in [9.17, 15) is 9.18 Å². The normalized spacial score (nSPS) is 10.8. The predicted molar refractivity (Wildman–Crippen MR) is 62.5 cm³/mol. The van der Waals surface area contributed by atoms with Gasteiger partial charge >= 0.3 is 0 Å². The second-order valence-corrected chi connectivity index (χ2v) is 3.36. The first-order valence-corrected chi connectivity index (χ1v) is 5.17. The van der Waals surface area contributed by atoms with Crippen molar-refractivity contribution in [3.05, 3.63) is 47.3 Å².